The Morgan fingerprint density at radius 3 is 2.41 bits per heavy atom. The van der Waals surface area contributed by atoms with Gasteiger partial charge in [0.15, 0.2) is 5.78 Å². The minimum Gasteiger partial charge on any atom is -0.462 e. The average molecular weight is 434 g/mol. The monoisotopic (exact) mass is 433 g/mol. The van der Waals surface area contributed by atoms with Gasteiger partial charge < -0.3 is 10.1 Å². The van der Waals surface area contributed by atoms with Gasteiger partial charge in [-0.05, 0) is 48.4 Å². The lowest BCUT2D eigenvalue weighted by molar-refractivity contribution is -0.140. The van der Waals surface area contributed by atoms with Gasteiger partial charge in [0.1, 0.15) is 5.82 Å². The summed E-state index contributed by atoms with van der Waals surface area (Å²) in [6.45, 7) is 6.07. The number of ether oxygens (including phenoxy) is 1. The zero-order valence-corrected chi connectivity index (χ0v) is 18.7. The van der Waals surface area contributed by atoms with Crippen molar-refractivity contribution in [3.8, 4) is 0 Å². The van der Waals surface area contributed by atoms with Crippen LogP contribution in [0, 0.1) is 11.7 Å². The van der Waals surface area contributed by atoms with Gasteiger partial charge in [-0.2, -0.15) is 0 Å². The molecular weight excluding hydrogens is 405 g/mol. The van der Waals surface area contributed by atoms with Crippen molar-refractivity contribution >= 4 is 11.8 Å². The van der Waals surface area contributed by atoms with E-state index in [1.807, 2.05) is 51.1 Å². The highest BCUT2D eigenvalue weighted by Gasteiger charge is 2.41. The van der Waals surface area contributed by atoms with Gasteiger partial charge in [0, 0.05) is 29.3 Å². The number of carbonyl (C=O) groups excluding carboxylic acids is 2. The second-order valence-electron chi connectivity index (χ2n) is 8.97. The van der Waals surface area contributed by atoms with Gasteiger partial charge >= 0.3 is 5.97 Å². The predicted molar refractivity (Wildman–Crippen MR) is 121 cm³/mol. The van der Waals surface area contributed by atoms with Crippen LogP contribution in [-0.2, 0) is 14.3 Å². The van der Waals surface area contributed by atoms with Crippen molar-refractivity contribution in [2.45, 2.75) is 45.4 Å². The molecule has 0 saturated heterocycles. The molecule has 0 spiro atoms. The normalized spacial score (nSPS) is 20.8. The van der Waals surface area contributed by atoms with Crippen LogP contribution >= 0.6 is 0 Å². The lowest BCUT2D eigenvalue weighted by Gasteiger charge is -2.36. The van der Waals surface area contributed by atoms with E-state index in [-0.39, 0.29) is 23.4 Å². The second kappa shape index (κ2) is 9.11. The largest absolute Gasteiger partial charge is 0.462 e. The lowest BCUT2D eigenvalue weighted by atomic mass is 9.72. The quantitative estimate of drug-likeness (QED) is 0.643. The van der Waals surface area contributed by atoms with Crippen molar-refractivity contribution in [3.05, 3.63) is 94.1 Å². The van der Waals surface area contributed by atoms with Crippen molar-refractivity contribution in [1.82, 2.24) is 5.32 Å². The van der Waals surface area contributed by atoms with Crippen LogP contribution in [0.25, 0.3) is 0 Å². The minimum atomic E-state index is -0.573. The van der Waals surface area contributed by atoms with E-state index in [4.69, 9.17) is 4.74 Å². The maximum Gasteiger partial charge on any atom is 0.336 e. The third kappa shape index (κ3) is 4.38. The summed E-state index contributed by atoms with van der Waals surface area (Å²) in [5.74, 6) is -1.10. The standard InChI is InChI=1S/C27H28FNO3/c1-16(2)15-32-27(31)24-17(3)29-22-13-20(18-7-5-4-6-8-18)14-23(30)26(22)25(24)19-9-11-21(28)12-10-19/h4-12,16,20,25,29H,13-15H2,1-3H3. The number of rotatable bonds is 5. The zero-order valence-electron chi connectivity index (χ0n) is 18.7. The predicted octanol–water partition coefficient (Wildman–Crippen LogP) is 5.39. The highest BCUT2D eigenvalue weighted by Crippen LogP contribution is 2.45. The van der Waals surface area contributed by atoms with Crippen LogP contribution in [0.4, 0.5) is 4.39 Å². The first kappa shape index (κ1) is 22.0. The van der Waals surface area contributed by atoms with Crippen LogP contribution in [0.5, 0.6) is 0 Å². The Hall–Kier alpha value is -3.21. The summed E-state index contributed by atoms with van der Waals surface area (Å²) < 4.78 is 19.2. The van der Waals surface area contributed by atoms with E-state index in [1.54, 1.807) is 12.1 Å². The molecule has 2 unspecified atom stereocenters. The average Bonchev–Trinajstić information content (AvgIpc) is 2.77. The summed E-state index contributed by atoms with van der Waals surface area (Å²) in [5.41, 5.74) is 4.35. The third-order valence-electron chi connectivity index (χ3n) is 6.07. The molecule has 5 heteroatoms. The van der Waals surface area contributed by atoms with Gasteiger partial charge in [-0.15, -0.1) is 0 Å². The molecule has 1 aliphatic carbocycles. The lowest BCUT2D eigenvalue weighted by Crippen LogP contribution is -2.36. The van der Waals surface area contributed by atoms with Crippen molar-refractivity contribution in [3.63, 3.8) is 0 Å². The molecule has 4 nitrogen and oxygen atoms in total. The summed E-state index contributed by atoms with van der Waals surface area (Å²) >= 11 is 0. The number of hydrogen-bond donors (Lipinski definition) is 1. The first-order chi connectivity index (χ1) is 15.3. The number of benzene rings is 2. The SMILES string of the molecule is CC1=C(C(=O)OCC(C)C)C(c2ccc(F)cc2)C2=C(CC(c3ccccc3)CC2=O)N1. The topological polar surface area (TPSA) is 55.4 Å². The Morgan fingerprint density at radius 1 is 1.06 bits per heavy atom. The zero-order chi connectivity index (χ0) is 22.8. The Labute approximate surface area is 188 Å². The molecule has 2 aromatic rings. The fourth-order valence-corrected chi connectivity index (χ4v) is 4.58. The Balaban J connectivity index is 1.76. The molecule has 0 amide bonds. The van der Waals surface area contributed by atoms with Gasteiger partial charge in [0.2, 0.25) is 0 Å². The molecule has 0 fully saturated rings. The summed E-state index contributed by atoms with van der Waals surface area (Å²) in [7, 11) is 0. The highest BCUT2D eigenvalue weighted by atomic mass is 19.1. The maximum absolute atomic E-state index is 13.6. The fourth-order valence-electron chi connectivity index (χ4n) is 4.58. The summed E-state index contributed by atoms with van der Waals surface area (Å²) in [5, 5.41) is 3.34. The van der Waals surface area contributed by atoms with Crippen molar-refractivity contribution in [2.24, 2.45) is 5.92 Å². The van der Waals surface area contributed by atoms with E-state index in [9.17, 15) is 14.0 Å². The number of ketones is 1. The van der Waals surface area contributed by atoms with Crippen molar-refractivity contribution < 1.29 is 18.7 Å². The Kier molecular flexibility index (Phi) is 6.26. The number of halogens is 1. The van der Waals surface area contributed by atoms with Gasteiger partial charge in [-0.3, -0.25) is 4.79 Å². The molecule has 2 aliphatic rings. The van der Waals surface area contributed by atoms with Crippen LogP contribution < -0.4 is 5.32 Å². The summed E-state index contributed by atoms with van der Waals surface area (Å²) in [6.07, 6.45) is 1.05. The van der Waals surface area contributed by atoms with Gasteiger partial charge in [-0.1, -0.05) is 56.3 Å². The second-order valence-corrected chi connectivity index (χ2v) is 8.97. The first-order valence-corrected chi connectivity index (χ1v) is 11.1. The van der Waals surface area contributed by atoms with Crippen LogP contribution in [0.2, 0.25) is 0 Å². The van der Waals surface area contributed by atoms with E-state index >= 15 is 0 Å². The molecule has 1 heterocycles. The fraction of sp³-hybridized carbons (Fsp3) is 0.333. The highest BCUT2D eigenvalue weighted by molar-refractivity contribution is 6.04. The number of hydrogen-bond acceptors (Lipinski definition) is 4. The molecule has 0 bridgehead atoms. The van der Waals surface area contributed by atoms with Crippen molar-refractivity contribution in [1.29, 1.82) is 0 Å². The molecule has 1 aliphatic heterocycles. The number of allylic oxidation sites excluding steroid dienone is 3. The number of nitrogens with one attached hydrogen (secondary N) is 1. The molecule has 1 N–H and O–H groups in total. The Morgan fingerprint density at radius 2 is 1.75 bits per heavy atom. The molecule has 0 saturated carbocycles. The van der Waals surface area contributed by atoms with E-state index < -0.39 is 11.9 Å². The van der Waals surface area contributed by atoms with Gasteiger partial charge in [0.25, 0.3) is 0 Å². The molecule has 0 aromatic heterocycles. The molecule has 32 heavy (non-hydrogen) atoms. The molecule has 4 rings (SSSR count). The third-order valence-corrected chi connectivity index (χ3v) is 6.07. The van der Waals surface area contributed by atoms with Crippen LogP contribution in [0.15, 0.2) is 77.1 Å². The number of carbonyl (C=O) groups is 2. The van der Waals surface area contributed by atoms with Gasteiger partial charge in [-0.25, -0.2) is 9.18 Å². The molecule has 166 valence electrons. The minimum absolute atomic E-state index is 0.00332. The van der Waals surface area contributed by atoms with E-state index in [0.29, 0.717) is 41.9 Å². The molecule has 0 radical (unpaired) electrons. The maximum atomic E-state index is 13.6. The van der Waals surface area contributed by atoms with Crippen LogP contribution in [0.3, 0.4) is 0 Å². The molecule has 2 aromatic carbocycles. The summed E-state index contributed by atoms with van der Waals surface area (Å²) in [6, 6.07) is 16.0. The summed E-state index contributed by atoms with van der Waals surface area (Å²) in [4.78, 5) is 26.6. The Bertz CT molecular complexity index is 1080. The number of esters is 1. The van der Waals surface area contributed by atoms with Crippen LogP contribution in [-0.4, -0.2) is 18.4 Å². The first-order valence-electron chi connectivity index (χ1n) is 11.1. The van der Waals surface area contributed by atoms with E-state index in [1.165, 1.54) is 12.1 Å². The smallest absolute Gasteiger partial charge is 0.336 e. The van der Waals surface area contributed by atoms with Crippen LogP contribution in [0.1, 0.15) is 56.6 Å². The van der Waals surface area contributed by atoms with Gasteiger partial charge in [0.05, 0.1) is 12.2 Å². The van der Waals surface area contributed by atoms with E-state index in [0.717, 1.165) is 11.3 Å². The molecular formula is C27H28FNO3. The number of dihydropyridines is 1. The van der Waals surface area contributed by atoms with Crippen molar-refractivity contribution in [2.75, 3.05) is 6.61 Å². The number of Topliss-reactive ketones (excluding diaryl/α,β-unsaturated/α-hetero) is 1. The van der Waals surface area contributed by atoms with E-state index in [2.05, 4.69) is 5.32 Å². The molecule has 2 atom stereocenters.